The van der Waals surface area contributed by atoms with Gasteiger partial charge in [0.05, 0.1) is 22.9 Å². The van der Waals surface area contributed by atoms with Crippen LogP contribution in [0.15, 0.2) is 66.9 Å². The van der Waals surface area contributed by atoms with Gasteiger partial charge in [0.1, 0.15) is 5.82 Å². The standard InChI is InChI=1S/C22H17FN2/c1-14-9-15(2)11-18(10-14)17-5-8-20-21(12-17)24-13-22(25-20)16-3-6-19(23)7-4-16/h3-13H,1-2H3. The zero-order valence-electron chi connectivity index (χ0n) is 14.1. The number of benzene rings is 3. The third kappa shape index (κ3) is 3.13. The van der Waals surface area contributed by atoms with Gasteiger partial charge in [-0.2, -0.15) is 0 Å². The maximum atomic E-state index is 13.1. The van der Waals surface area contributed by atoms with Crippen molar-refractivity contribution in [2.24, 2.45) is 0 Å². The predicted molar refractivity (Wildman–Crippen MR) is 99.8 cm³/mol. The molecule has 4 aromatic rings. The SMILES string of the molecule is Cc1cc(C)cc(-c2ccc3nc(-c4ccc(F)cc4)cnc3c2)c1. The number of rotatable bonds is 2. The van der Waals surface area contributed by atoms with Gasteiger partial charge in [0, 0.05) is 5.56 Å². The van der Waals surface area contributed by atoms with Crippen LogP contribution in [0.2, 0.25) is 0 Å². The predicted octanol–water partition coefficient (Wildman–Crippen LogP) is 5.72. The van der Waals surface area contributed by atoms with Gasteiger partial charge in [-0.05, 0) is 61.4 Å². The first-order valence-corrected chi connectivity index (χ1v) is 8.20. The Morgan fingerprint density at radius 2 is 1.36 bits per heavy atom. The highest BCUT2D eigenvalue weighted by Crippen LogP contribution is 2.26. The van der Waals surface area contributed by atoms with Gasteiger partial charge in [0.15, 0.2) is 0 Å². The summed E-state index contributed by atoms with van der Waals surface area (Å²) in [7, 11) is 0. The highest BCUT2D eigenvalue weighted by atomic mass is 19.1. The van der Waals surface area contributed by atoms with E-state index in [1.54, 1.807) is 18.3 Å². The Morgan fingerprint density at radius 3 is 2.08 bits per heavy atom. The van der Waals surface area contributed by atoms with Gasteiger partial charge in [-0.3, -0.25) is 4.98 Å². The number of hydrogen-bond donors (Lipinski definition) is 0. The highest BCUT2D eigenvalue weighted by molar-refractivity contribution is 5.83. The van der Waals surface area contributed by atoms with Gasteiger partial charge >= 0.3 is 0 Å². The zero-order valence-corrected chi connectivity index (χ0v) is 14.1. The fourth-order valence-corrected chi connectivity index (χ4v) is 3.09. The molecule has 2 nitrogen and oxygen atoms in total. The molecule has 3 heteroatoms. The van der Waals surface area contributed by atoms with Crippen molar-refractivity contribution in [3.63, 3.8) is 0 Å². The Hall–Kier alpha value is -3.07. The highest BCUT2D eigenvalue weighted by Gasteiger charge is 2.06. The van der Waals surface area contributed by atoms with Crippen molar-refractivity contribution in [3.05, 3.63) is 83.8 Å². The number of halogens is 1. The molecule has 0 atom stereocenters. The molecule has 4 rings (SSSR count). The Morgan fingerprint density at radius 1 is 0.680 bits per heavy atom. The van der Waals surface area contributed by atoms with Crippen molar-refractivity contribution in [2.75, 3.05) is 0 Å². The Bertz CT molecular complexity index is 1050. The number of hydrogen-bond acceptors (Lipinski definition) is 2. The van der Waals surface area contributed by atoms with Crippen molar-refractivity contribution in [1.29, 1.82) is 0 Å². The second-order valence-electron chi connectivity index (χ2n) is 6.34. The molecule has 1 heterocycles. The van der Waals surface area contributed by atoms with Crippen LogP contribution in [0.4, 0.5) is 4.39 Å². The molecular formula is C22H17FN2. The molecule has 0 aliphatic carbocycles. The van der Waals surface area contributed by atoms with Gasteiger partial charge in [-0.15, -0.1) is 0 Å². The fourth-order valence-electron chi connectivity index (χ4n) is 3.09. The summed E-state index contributed by atoms with van der Waals surface area (Å²) in [5, 5.41) is 0. The van der Waals surface area contributed by atoms with E-state index >= 15 is 0 Å². The summed E-state index contributed by atoms with van der Waals surface area (Å²) in [6.07, 6.45) is 1.74. The summed E-state index contributed by atoms with van der Waals surface area (Å²) < 4.78 is 13.1. The van der Waals surface area contributed by atoms with E-state index in [4.69, 9.17) is 0 Å². The van der Waals surface area contributed by atoms with Crippen LogP contribution in [0.25, 0.3) is 33.4 Å². The zero-order chi connectivity index (χ0) is 17.4. The number of nitrogens with zero attached hydrogens (tertiary/aromatic N) is 2. The van der Waals surface area contributed by atoms with Crippen LogP contribution in [-0.4, -0.2) is 9.97 Å². The Balaban J connectivity index is 1.77. The summed E-state index contributed by atoms with van der Waals surface area (Å²) in [5.74, 6) is -0.254. The van der Waals surface area contributed by atoms with Crippen molar-refractivity contribution in [2.45, 2.75) is 13.8 Å². The van der Waals surface area contributed by atoms with Crippen LogP contribution in [-0.2, 0) is 0 Å². The van der Waals surface area contributed by atoms with Gasteiger partial charge in [-0.25, -0.2) is 9.37 Å². The summed E-state index contributed by atoms with van der Waals surface area (Å²) in [4.78, 5) is 9.21. The molecule has 0 fully saturated rings. The lowest BCUT2D eigenvalue weighted by Gasteiger charge is -2.07. The monoisotopic (exact) mass is 328 g/mol. The van der Waals surface area contributed by atoms with E-state index < -0.39 is 0 Å². The van der Waals surface area contributed by atoms with E-state index in [2.05, 4.69) is 54.1 Å². The molecule has 0 radical (unpaired) electrons. The molecule has 0 spiro atoms. The van der Waals surface area contributed by atoms with Crippen LogP contribution < -0.4 is 0 Å². The van der Waals surface area contributed by atoms with Crippen molar-refractivity contribution < 1.29 is 4.39 Å². The quantitative estimate of drug-likeness (QED) is 0.470. The van der Waals surface area contributed by atoms with E-state index in [1.807, 2.05) is 6.07 Å². The van der Waals surface area contributed by atoms with Gasteiger partial charge in [0.25, 0.3) is 0 Å². The summed E-state index contributed by atoms with van der Waals surface area (Å²) in [6, 6.07) is 18.9. The molecule has 0 unspecified atom stereocenters. The minimum absolute atomic E-state index is 0.254. The first-order valence-electron chi connectivity index (χ1n) is 8.20. The number of fused-ring (bicyclic) bond motifs is 1. The first-order chi connectivity index (χ1) is 12.1. The fraction of sp³-hybridized carbons (Fsp3) is 0.0909. The van der Waals surface area contributed by atoms with E-state index in [9.17, 15) is 4.39 Å². The molecule has 0 aliphatic heterocycles. The van der Waals surface area contributed by atoms with Gasteiger partial charge < -0.3 is 0 Å². The second kappa shape index (κ2) is 6.10. The van der Waals surface area contributed by atoms with Crippen LogP contribution in [0.3, 0.4) is 0 Å². The van der Waals surface area contributed by atoms with Crippen LogP contribution in [0.5, 0.6) is 0 Å². The lowest BCUT2D eigenvalue weighted by atomic mass is 10.0. The number of aromatic nitrogens is 2. The van der Waals surface area contributed by atoms with E-state index in [-0.39, 0.29) is 5.82 Å². The molecule has 0 amide bonds. The van der Waals surface area contributed by atoms with E-state index in [0.717, 1.165) is 27.9 Å². The van der Waals surface area contributed by atoms with Crippen LogP contribution >= 0.6 is 0 Å². The van der Waals surface area contributed by atoms with Gasteiger partial charge in [-0.1, -0.05) is 35.4 Å². The average Bonchev–Trinajstić information content (AvgIpc) is 2.60. The van der Waals surface area contributed by atoms with Gasteiger partial charge in [0.2, 0.25) is 0 Å². The smallest absolute Gasteiger partial charge is 0.123 e. The lowest BCUT2D eigenvalue weighted by Crippen LogP contribution is -1.90. The van der Waals surface area contributed by atoms with Crippen LogP contribution in [0, 0.1) is 19.7 Å². The third-order valence-electron chi connectivity index (χ3n) is 4.24. The largest absolute Gasteiger partial charge is 0.252 e. The molecule has 0 saturated carbocycles. The topological polar surface area (TPSA) is 25.8 Å². The molecule has 1 aromatic heterocycles. The first kappa shape index (κ1) is 15.5. The summed E-state index contributed by atoms with van der Waals surface area (Å²) in [5.41, 5.74) is 8.07. The summed E-state index contributed by atoms with van der Waals surface area (Å²) >= 11 is 0. The molecule has 25 heavy (non-hydrogen) atoms. The van der Waals surface area contributed by atoms with E-state index in [0.29, 0.717) is 0 Å². The third-order valence-corrected chi connectivity index (χ3v) is 4.24. The van der Waals surface area contributed by atoms with Crippen molar-refractivity contribution in [3.8, 4) is 22.4 Å². The molecular weight excluding hydrogens is 311 g/mol. The molecule has 3 aromatic carbocycles. The Labute approximate surface area is 146 Å². The lowest BCUT2D eigenvalue weighted by molar-refractivity contribution is 0.628. The molecule has 0 N–H and O–H groups in total. The van der Waals surface area contributed by atoms with E-state index in [1.165, 1.54) is 28.8 Å². The van der Waals surface area contributed by atoms with Crippen molar-refractivity contribution in [1.82, 2.24) is 9.97 Å². The minimum atomic E-state index is -0.254. The Kier molecular flexibility index (Phi) is 3.77. The summed E-state index contributed by atoms with van der Waals surface area (Å²) in [6.45, 7) is 4.21. The number of aryl methyl sites for hydroxylation is 2. The minimum Gasteiger partial charge on any atom is -0.252 e. The van der Waals surface area contributed by atoms with Crippen LogP contribution in [0.1, 0.15) is 11.1 Å². The maximum Gasteiger partial charge on any atom is 0.123 e. The maximum absolute atomic E-state index is 13.1. The van der Waals surface area contributed by atoms with Crippen molar-refractivity contribution >= 4 is 11.0 Å². The molecule has 122 valence electrons. The normalized spacial score (nSPS) is 11.0. The molecule has 0 bridgehead atoms. The molecule has 0 saturated heterocycles. The molecule has 0 aliphatic rings. The second-order valence-corrected chi connectivity index (χ2v) is 6.34. The average molecular weight is 328 g/mol.